The molecule has 0 radical (unpaired) electrons. The van der Waals surface area contributed by atoms with Crippen LogP contribution in [0.15, 0.2) is 0 Å². The van der Waals surface area contributed by atoms with Gasteiger partial charge in [-0.05, 0) is 46.1 Å². The van der Waals surface area contributed by atoms with Crippen molar-refractivity contribution in [2.45, 2.75) is 62.8 Å². The second-order valence-corrected chi connectivity index (χ2v) is 8.57. The number of carbonyl (C=O) groups excluding carboxylic acids is 1. The summed E-state index contributed by atoms with van der Waals surface area (Å²) in [5.74, 6) is -0.290. The van der Waals surface area contributed by atoms with Gasteiger partial charge in [0.25, 0.3) is 0 Å². The number of hydrogen-bond donors (Lipinski definition) is 0. The van der Waals surface area contributed by atoms with Crippen molar-refractivity contribution in [3.8, 4) is 0 Å². The van der Waals surface area contributed by atoms with Crippen LogP contribution in [0.3, 0.4) is 0 Å². The summed E-state index contributed by atoms with van der Waals surface area (Å²) >= 11 is 0. The molecule has 1 aliphatic carbocycles. The van der Waals surface area contributed by atoms with E-state index < -0.39 is 21.7 Å². The summed E-state index contributed by atoms with van der Waals surface area (Å²) < 4.78 is 74.7. The van der Waals surface area contributed by atoms with Gasteiger partial charge in [0.2, 0.25) is 0 Å². The van der Waals surface area contributed by atoms with Crippen LogP contribution in [0.25, 0.3) is 0 Å². The van der Waals surface area contributed by atoms with E-state index in [1.54, 1.807) is 18.9 Å². The number of likely N-dealkylation sites (tertiary alicyclic amines) is 1. The van der Waals surface area contributed by atoms with E-state index in [1.807, 2.05) is 0 Å². The van der Waals surface area contributed by atoms with Crippen LogP contribution in [0.1, 0.15) is 39.0 Å². The lowest BCUT2D eigenvalue weighted by Gasteiger charge is -2.29. The summed E-state index contributed by atoms with van der Waals surface area (Å²) in [7, 11) is -3.90. The zero-order chi connectivity index (χ0) is 20.2. The van der Waals surface area contributed by atoms with E-state index in [2.05, 4.69) is 4.18 Å². The molecule has 1 aliphatic heterocycles. The molecule has 0 bridgehead atoms. The van der Waals surface area contributed by atoms with Gasteiger partial charge >= 0.3 is 21.6 Å². The van der Waals surface area contributed by atoms with Crippen molar-refractivity contribution in [2.24, 2.45) is 5.92 Å². The zero-order valence-electron chi connectivity index (χ0n) is 15.4. The Labute approximate surface area is 157 Å². The minimum Gasteiger partial charge on any atom is -0.466 e. The van der Waals surface area contributed by atoms with Crippen LogP contribution < -0.4 is 0 Å². The second-order valence-electron chi connectivity index (χ2n) is 7.01. The monoisotopic (exact) mass is 417 g/mol. The Bertz CT molecular complexity index is 604. The average molecular weight is 417 g/mol. The molecule has 0 unspecified atom stereocenters. The summed E-state index contributed by atoms with van der Waals surface area (Å²) in [6.07, 6.45) is 1.85. The highest BCUT2D eigenvalue weighted by Crippen LogP contribution is 2.31. The van der Waals surface area contributed by atoms with Gasteiger partial charge in [-0.2, -0.15) is 21.6 Å². The smallest absolute Gasteiger partial charge is 0.466 e. The molecule has 0 aromatic carbocycles. The fraction of sp³-hybridized carbons (Fsp3) is 0.938. The van der Waals surface area contributed by atoms with E-state index in [4.69, 9.17) is 9.47 Å². The maximum atomic E-state index is 12.4. The minimum atomic E-state index is -5.59. The third-order valence-corrected chi connectivity index (χ3v) is 6.11. The normalized spacial score (nSPS) is 30.4. The quantitative estimate of drug-likeness (QED) is 0.356. The number of alkyl halides is 3. The highest BCUT2D eigenvalue weighted by molar-refractivity contribution is 7.87. The Hall–Kier alpha value is -0.910. The Kier molecular flexibility index (Phi) is 7.51. The average Bonchev–Trinajstić information content (AvgIpc) is 2.91. The molecule has 0 spiro atoms. The first-order chi connectivity index (χ1) is 12.5. The first-order valence-electron chi connectivity index (χ1n) is 9.01. The van der Waals surface area contributed by atoms with Gasteiger partial charge in [-0.15, -0.1) is 0 Å². The molecule has 0 amide bonds. The van der Waals surface area contributed by atoms with Crippen molar-refractivity contribution < 1.29 is 40.0 Å². The number of nitrogens with zero attached hydrogens (tertiary/aromatic N) is 1. The van der Waals surface area contributed by atoms with Crippen molar-refractivity contribution in [1.29, 1.82) is 0 Å². The lowest BCUT2D eigenvalue weighted by Crippen LogP contribution is -2.33. The molecule has 0 N–H and O–H groups in total. The van der Waals surface area contributed by atoms with E-state index in [1.165, 1.54) is 0 Å². The van der Waals surface area contributed by atoms with E-state index in [-0.39, 0.29) is 43.6 Å². The van der Waals surface area contributed by atoms with Gasteiger partial charge in [0.15, 0.2) is 0 Å². The van der Waals surface area contributed by atoms with E-state index in [0.29, 0.717) is 32.3 Å². The summed E-state index contributed by atoms with van der Waals surface area (Å²) in [5, 5.41) is 0. The number of ether oxygens (including phenoxy) is 2. The van der Waals surface area contributed by atoms with Crippen LogP contribution in [-0.2, 0) is 28.6 Å². The largest absolute Gasteiger partial charge is 0.523 e. The molecule has 11 heteroatoms. The van der Waals surface area contributed by atoms with E-state index in [0.717, 1.165) is 0 Å². The van der Waals surface area contributed by atoms with Gasteiger partial charge in [-0.3, -0.25) is 13.9 Å². The van der Waals surface area contributed by atoms with Crippen LogP contribution in [0, 0.1) is 5.92 Å². The summed E-state index contributed by atoms with van der Waals surface area (Å²) in [6, 6.07) is -0.221. The molecule has 1 heterocycles. The third kappa shape index (κ3) is 6.03. The molecule has 0 aromatic heterocycles. The van der Waals surface area contributed by atoms with Gasteiger partial charge in [0.05, 0.1) is 31.3 Å². The van der Waals surface area contributed by atoms with Gasteiger partial charge in [0, 0.05) is 12.6 Å². The van der Waals surface area contributed by atoms with Crippen LogP contribution in [0.4, 0.5) is 13.2 Å². The molecule has 7 nitrogen and oxygen atoms in total. The van der Waals surface area contributed by atoms with Crippen molar-refractivity contribution in [3.05, 3.63) is 0 Å². The maximum Gasteiger partial charge on any atom is 0.523 e. The van der Waals surface area contributed by atoms with Crippen molar-refractivity contribution >= 4 is 16.1 Å². The van der Waals surface area contributed by atoms with Crippen LogP contribution in [0.5, 0.6) is 0 Å². The van der Waals surface area contributed by atoms with Crippen LogP contribution in [0.2, 0.25) is 0 Å². The molecule has 2 atom stereocenters. The Morgan fingerprint density at radius 2 is 1.78 bits per heavy atom. The molecular weight excluding hydrogens is 391 g/mol. The highest BCUT2D eigenvalue weighted by atomic mass is 32.2. The van der Waals surface area contributed by atoms with Crippen LogP contribution >= 0.6 is 0 Å². The molecule has 2 rings (SSSR count). The molecule has 27 heavy (non-hydrogen) atoms. The lowest BCUT2D eigenvalue weighted by atomic mass is 9.87. The second kappa shape index (κ2) is 9.06. The van der Waals surface area contributed by atoms with Gasteiger partial charge in [-0.25, -0.2) is 0 Å². The predicted octanol–water partition coefficient (Wildman–Crippen LogP) is 2.06. The molecule has 0 aromatic rings. The van der Waals surface area contributed by atoms with Crippen molar-refractivity contribution in [1.82, 2.24) is 4.90 Å². The highest BCUT2D eigenvalue weighted by Gasteiger charge is 2.49. The molecule has 158 valence electrons. The first kappa shape index (κ1) is 22.4. The number of hydrogen-bond acceptors (Lipinski definition) is 7. The first-order valence-corrected chi connectivity index (χ1v) is 10.4. The standard InChI is InChI=1S/C16H26F3NO6S/c1-3-24-15(21)11-4-6-13(7-5-11)25-10-12-8-14(9-20(12)2)26-27(22,23)16(17,18)19/h11-14H,3-10H2,1-2H3/t11?,12-,13?,14+/m0/s1. The third-order valence-electron chi connectivity index (χ3n) is 5.01. The fourth-order valence-electron chi connectivity index (χ4n) is 3.50. The maximum absolute atomic E-state index is 12.4. The molecular formula is C16H26F3NO6S. The van der Waals surface area contributed by atoms with Gasteiger partial charge < -0.3 is 9.47 Å². The molecule has 2 fully saturated rings. The number of carbonyl (C=O) groups is 1. The summed E-state index contributed by atoms with van der Waals surface area (Å²) in [6.45, 7) is 2.48. The zero-order valence-corrected chi connectivity index (χ0v) is 16.2. The van der Waals surface area contributed by atoms with E-state index in [9.17, 15) is 26.4 Å². The van der Waals surface area contributed by atoms with Crippen molar-refractivity contribution in [2.75, 3.05) is 26.8 Å². The minimum absolute atomic E-state index is 0.0250. The number of esters is 1. The fourth-order valence-corrected chi connectivity index (χ4v) is 4.11. The molecule has 1 saturated heterocycles. The topological polar surface area (TPSA) is 82.1 Å². The Morgan fingerprint density at radius 1 is 1.15 bits per heavy atom. The summed E-state index contributed by atoms with van der Waals surface area (Å²) in [4.78, 5) is 13.5. The number of halogens is 3. The van der Waals surface area contributed by atoms with Gasteiger partial charge in [0.1, 0.15) is 0 Å². The SMILES string of the molecule is CCOC(=O)C1CCC(OC[C@@H]2C[C@@H](OS(=O)(=O)C(F)(F)F)CN2C)CC1. The van der Waals surface area contributed by atoms with Crippen LogP contribution in [-0.4, -0.2) is 69.9 Å². The van der Waals surface area contributed by atoms with E-state index >= 15 is 0 Å². The summed E-state index contributed by atoms with van der Waals surface area (Å²) in [5.41, 5.74) is -5.42. The van der Waals surface area contributed by atoms with Crippen molar-refractivity contribution in [3.63, 3.8) is 0 Å². The van der Waals surface area contributed by atoms with Gasteiger partial charge in [-0.1, -0.05) is 0 Å². The predicted molar refractivity (Wildman–Crippen MR) is 89.2 cm³/mol. The Balaban J connectivity index is 1.75. The number of rotatable bonds is 7. The number of likely N-dealkylation sites (N-methyl/N-ethyl adjacent to an activating group) is 1. The lowest BCUT2D eigenvalue weighted by molar-refractivity contribution is -0.150. The molecule has 2 aliphatic rings. The molecule has 1 saturated carbocycles. The Morgan fingerprint density at radius 3 is 2.33 bits per heavy atom.